The second-order valence-corrected chi connectivity index (χ2v) is 3.91. The molecule has 0 radical (unpaired) electrons. The number of carbonyl (C=O) groups is 1. The molecule has 0 bridgehead atoms. The van der Waals surface area contributed by atoms with Crippen molar-refractivity contribution in [2.75, 3.05) is 0 Å². The molecular formula is C11H18O. The van der Waals surface area contributed by atoms with Gasteiger partial charge in [-0.1, -0.05) is 25.5 Å². The number of allylic oxidation sites excluding steroid dienone is 2. The number of carbonyl (C=O) groups excluding carboxylic acids is 1. The molecule has 1 aliphatic carbocycles. The monoisotopic (exact) mass is 166 g/mol. The van der Waals surface area contributed by atoms with Gasteiger partial charge in [-0.3, -0.25) is 4.79 Å². The van der Waals surface area contributed by atoms with E-state index in [1.807, 2.05) is 13.8 Å². The first-order valence-corrected chi connectivity index (χ1v) is 4.91. The maximum Gasteiger partial charge on any atom is 0.139 e. The minimum Gasteiger partial charge on any atom is -0.299 e. The van der Waals surface area contributed by atoms with Gasteiger partial charge in [0.15, 0.2) is 0 Å². The summed E-state index contributed by atoms with van der Waals surface area (Å²) in [6, 6.07) is 0. The maximum absolute atomic E-state index is 11.4. The van der Waals surface area contributed by atoms with Gasteiger partial charge in [-0.2, -0.15) is 0 Å². The number of rotatable bonds is 3. The smallest absolute Gasteiger partial charge is 0.139 e. The van der Waals surface area contributed by atoms with Gasteiger partial charge in [0.1, 0.15) is 5.78 Å². The standard InChI is InChI=1S/C11H18O/c1-9(2)11(12)8-10-6-4-3-5-7-10/h6,9H,3-5,7-8H2,1-2H3. The molecule has 0 aromatic carbocycles. The summed E-state index contributed by atoms with van der Waals surface area (Å²) in [6.07, 6.45) is 7.87. The molecule has 0 unspecified atom stereocenters. The zero-order valence-corrected chi connectivity index (χ0v) is 8.10. The average molecular weight is 166 g/mol. The number of hydrogen-bond acceptors (Lipinski definition) is 1. The summed E-state index contributed by atoms with van der Waals surface area (Å²) < 4.78 is 0. The molecule has 0 amide bonds. The van der Waals surface area contributed by atoms with Gasteiger partial charge in [0.2, 0.25) is 0 Å². The first-order chi connectivity index (χ1) is 5.70. The molecule has 0 aromatic heterocycles. The molecule has 0 saturated carbocycles. The van der Waals surface area contributed by atoms with Crippen LogP contribution in [-0.4, -0.2) is 5.78 Å². The van der Waals surface area contributed by atoms with Crippen molar-refractivity contribution in [1.82, 2.24) is 0 Å². The van der Waals surface area contributed by atoms with Crippen LogP contribution < -0.4 is 0 Å². The first kappa shape index (κ1) is 9.50. The summed E-state index contributed by atoms with van der Waals surface area (Å²) in [7, 11) is 0. The van der Waals surface area contributed by atoms with E-state index in [-0.39, 0.29) is 5.92 Å². The van der Waals surface area contributed by atoms with Crippen LogP contribution in [0.1, 0.15) is 46.0 Å². The fraction of sp³-hybridized carbons (Fsp3) is 0.727. The summed E-state index contributed by atoms with van der Waals surface area (Å²) in [5.41, 5.74) is 1.37. The van der Waals surface area contributed by atoms with Crippen LogP contribution in [-0.2, 0) is 4.79 Å². The quantitative estimate of drug-likeness (QED) is 0.589. The van der Waals surface area contributed by atoms with E-state index in [1.165, 1.54) is 24.8 Å². The highest BCUT2D eigenvalue weighted by Crippen LogP contribution is 2.21. The Morgan fingerprint density at radius 3 is 2.75 bits per heavy atom. The lowest BCUT2D eigenvalue weighted by Gasteiger charge is -2.12. The highest BCUT2D eigenvalue weighted by Gasteiger charge is 2.11. The van der Waals surface area contributed by atoms with Crippen molar-refractivity contribution >= 4 is 5.78 Å². The molecule has 0 atom stereocenters. The predicted octanol–water partition coefficient (Wildman–Crippen LogP) is 3.10. The second kappa shape index (κ2) is 4.44. The lowest BCUT2D eigenvalue weighted by Crippen LogP contribution is -2.08. The summed E-state index contributed by atoms with van der Waals surface area (Å²) in [4.78, 5) is 11.4. The minimum atomic E-state index is 0.202. The third-order valence-electron chi connectivity index (χ3n) is 2.43. The largest absolute Gasteiger partial charge is 0.299 e. The minimum absolute atomic E-state index is 0.202. The summed E-state index contributed by atoms with van der Waals surface area (Å²) in [5, 5.41) is 0. The third-order valence-corrected chi connectivity index (χ3v) is 2.43. The van der Waals surface area contributed by atoms with Crippen LogP contribution in [0.3, 0.4) is 0 Å². The lowest BCUT2D eigenvalue weighted by molar-refractivity contribution is -0.121. The third kappa shape index (κ3) is 2.80. The molecule has 0 heterocycles. The number of ketones is 1. The Morgan fingerprint density at radius 1 is 1.50 bits per heavy atom. The maximum atomic E-state index is 11.4. The van der Waals surface area contributed by atoms with Crippen LogP contribution in [0, 0.1) is 5.92 Å². The van der Waals surface area contributed by atoms with Crippen molar-refractivity contribution < 1.29 is 4.79 Å². The highest BCUT2D eigenvalue weighted by molar-refractivity contribution is 5.82. The molecule has 1 nitrogen and oxygen atoms in total. The SMILES string of the molecule is CC(C)C(=O)CC1=CCCCC1. The van der Waals surface area contributed by atoms with Crippen LogP contribution in [0.25, 0.3) is 0 Å². The van der Waals surface area contributed by atoms with Gasteiger partial charge < -0.3 is 0 Å². The van der Waals surface area contributed by atoms with Crippen LogP contribution >= 0.6 is 0 Å². The van der Waals surface area contributed by atoms with E-state index < -0.39 is 0 Å². The van der Waals surface area contributed by atoms with E-state index >= 15 is 0 Å². The number of hydrogen-bond donors (Lipinski definition) is 0. The van der Waals surface area contributed by atoms with Crippen molar-refractivity contribution in [3.63, 3.8) is 0 Å². The molecule has 0 N–H and O–H groups in total. The number of Topliss-reactive ketones (excluding diaryl/α,β-unsaturated/α-hetero) is 1. The Morgan fingerprint density at radius 2 is 2.25 bits per heavy atom. The molecular weight excluding hydrogens is 148 g/mol. The fourth-order valence-electron chi connectivity index (χ4n) is 1.49. The molecule has 12 heavy (non-hydrogen) atoms. The van der Waals surface area contributed by atoms with E-state index in [9.17, 15) is 4.79 Å². The Hall–Kier alpha value is -0.590. The normalized spacial score (nSPS) is 17.8. The van der Waals surface area contributed by atoms with Crippen molar-refractivity contribution in [3.05, 3.63) is 11.6 Å². The summed E-state index contributed by atoms with van der Waals surface area (Å²) in [6.45, 7) is 3.96. The zero-order valence-electron chi connectivity index (χ0n) is 8.10. The van der Waals surface area contributed by atoms with Crippen LogP contribution in [0.4, 0.5) is 0 Å². The van der Waals surface area contributed by atoms with Crippen molar-refractivity contribution in [3.8, 4) is 0 Å². The van der Waals surface area contributed by atoms with Gasteiger partial charge in [0.05, 0.1) is 0 Å². The zero-order chi connectivity index (χ0) is 8.97. The molecule has 0 aliphatic heterocycles. The molecule has 0 fully saturated rings. The Bertz CT molecular complexity index is 189. The summed E-state index contributed by atoms with van der Waals surface area (Å²) in [5.74, 6) is 0.593. The van der Waals surface area contributed by atoms with E-state index in [2.05, 4.69) is 6.08 Å². The highest BCUT2D eigenvalue weighted by atomic mass is 16.1. The van der Waals surface area contributed by atoms with Crippen molar-refractivity contribution in [2.24, 2.45) is 5.92 Å². The lowest BCUT2D eigenvalue weighted by atomic mass is 9.93. The Balaban J connectivity index is 2.39. The summed E-state index contributed by atoms with van der Waals surface area (Å²) >= 11 is 0. The van der Waals surface area contributed by atoms with Crippen LogP contribution in [0.15, 0.2) is 11.6 Å². The van der Waals surface area contributed by atoms with Crippen LogP contribution in [0.5, 0.6) is 0 Å². The van der Waals surface area contributed by atoms with Crippen LogP contribution in [0.2, 0.25) is 0 Å². The van der Waals surface area contributed by atoms with E-state index in [0.717, 1.165) is 6.42 Å². The van der Waals surface area contributed by atoms with Gasteiger partial charge in [-0.15, -0.1) is 0 Å². The van der Waals surface area contributed by atoms with Gasteiger partial charge in [-0.25, -0.2) is 0 Å². The molecule has 1 aliphatic rings. The van der Waals surface area contributed by atoms with E-state index in [0.29, 0.717) is 12.2 Å². The molecule has 0 aromatic rings. The topological polar surface area (TPSA) is 17.1 Å². The molecule has 0 spiro atoms. The van der Waals surface area contributed by atoms with Gasteiger partial charge in [0.25, 0.3) is 0 Å². The molecule has 1 rings (SSSR count). The molecule has 1 heteroatoms. The van der Waals surface area contributed by atoms with Crippen molar-refractivity contribution in [2.45, 2.75) is 46.0 Å². The molecule has 0 saturated heterocycles. The van der Waals surface area contributed by atoms with Gasteiger partial charge >= 0.3 is 0 Å². The van der Waals surface area contributed by atoms with E-state index in [1.54, 1.807) is 0 Å². The Kier molecular flexibility index (Phi) is 3.51. The fourth-order valence-corrected chi connectivity index (χ4v) is 1.49. The van der Waals surface area contributed by atoms with E-state index in [4.69, 9.17) is 0 Å². The second-order valence-electron chi connectivity index (χ2n) is 3.91. The van der Waals surface area contributed by atoms with Crippen molar-refractivity contribution in [1.29, 1.82) is 0 Å². The average Bonchev–Trinajstić information content (AvgIpc) is 2.06. The van der Waals surface area contributed by atoms with Gasteiger partial charge in [-0.05, 0) is 25.7 Å². The predicted molar refractivity (Wildman–Crippen MR) is 51.0 cm³/mol. The first-order valence-electron chi connectivity index (χ1n) is 4.91. The Labute approximate surface area is 74.9 Å². The molecule has 68 valence electrons. The van der Waals surface area contributed by atoms with Gasteiger partial charge in [0, 0.05) is 12.3 Å².